The summed E-state index contributed by atoms with van der Waals surface area (Å²) in [6.07, 6.45) is 4.76. The molecule has 3 atom stereocenters. The van der Waals surface area contributed by atoms with Gasteiger partial charge in [-0.15, -0.1) is 0 Å². The first kappa shape index (κ1) is 7.33. The molecule has 0 heterocycles. The highest BCUT2D eigenvalue weighted by Crippen LogP contribution is 2.65. The van der Waals surface area contributed by atoms with Gasteiger partial charge in [-0.1, -0.05) is 13.8 Å². The number of aldehydes is 1. The molecule has 2 saturated carbocycles. The van der Waals surface area contributed by atoms with Crippen molar-refractivity contribution in [3.8, 4) is 0 Å². The molecule has 0 radical (unpaired) electrons. The van der Waals surface area contributed by atoms with Gasteiger partial charge in [0.2, 0.25) is 0 Å². The lowest BCUT2D eigenvalue weighted by atomic mass is 9.91. The molecule has 0 saturated heterocycles. The van der Waals surface area contributed by atoms with Crippen LogP contribution in [0.5, 0.6) is 0 Å². The zero-order chi connectivity index (χ0) is 8.06. The van der Waals surface area contributed by atoms with E-state index in [1.165, 1.54) is 12.8 Å². The van der Waals surface area contributed by atoms with Gasteiger partial charge in [0.25, 0.3) is 0 Å². The third-order valence-corrected chi connectivity index (χ3v) is 3.89. The van der Waals surface area contributed by atoms with Gasteiger partial charge < -0.3 is 4.79 Å². The molecular formula is C10H16O. The summed E-state index contributed by atoms with van der Waals surface area (Å²) in [5.41, 5.74) is 0.567. The van der Waals surface area contributed by atoms with Crippen molar-refractivity contribution in [2.45, 2.75) is 33.1 Å². The fourth-order valence-electron chi connectivity index (χ4n) is 2.86. The average Bonchev–Trinajstić information content (AvgIpc) is 2.55. The Labute approximate surface area is 68.2 Å². The number of rotatable bonds is 1. The van der Waals surface area contributed by atoms with Crippen molar-refractivity contribution in [2.24, 2.45) is 23.2 Å². The normalized spacial score (nSPS) is 46.2. The van der Waals surface area contributed by atoms with Gasteiger partial charge in [0.05, 0.1) is 0 Å². The Balaban J connectivity index is 2.02. The predicted molar refractivity (Wildman–Crippen MR) is 44.2 cm³/mol. The highest BCUT2D eigenvalue weighted by Gasteiger charge is 2.58. The molecule has 62 valence electrons. The van der Waals surface area contributed by atoms with E-state index in [1.54, 1.807) is 0 Å². The molecule has 0 bridgehead atoms. The zero-order valence-electron chi connectivity index (χ0n) is 7.34. The molecule has 2 aliphatic rings. The topological polar surface area (TPSA) is 17.1 Å². The van der Waals surface area contributed by atoms with Crippen LogP contribution in [0.2, 0.25) is 0 Å². The van der Waals surface area contributed by atoms with Crippen LogP contribution < -0.4 is 0 Å². The van der Waals surface area contributed by atoms with Crippen LogP contribution in [-0.4, -0.2) is 6.29 Å². The first-order valence-corrected chi connectivity index (χ1v) is 4.61. The Morgan fingerprint density at radius 1 is 1.27 bits per heavy atom. The summed E-state index contributed by atoms with van der Waals surface area (Å²) < 4.78 is 0. The van der Waals surface area contributed by atoms with Crippen LogP contribution in [-0.2, 0) is 4.79 Å². The van der Waals surface area contributed by atoms with Crippen molar-refractivity contribution in [3.05, 3.63) is 0 Å². The van der Waals surface area contributed by atoms with E-state index in [1.807, 2.05) is 0 Å². The van der Waals surface area contributed by atoms with E-state index in [0.29, 0.717) is 11.3 Å². The van der Waals surface area contributed by atoms with Gasteiger partial charge in [0.1, 0.15) is 6.29 Å². The molecule has 2 aliphatic carbocycles. The molecule has 0 N–H and O–H groups in total. The fraction of sp³-hybridized carbons (Fsp3) is 0.900. The van der Waals surface area contributed by atoms with Crippen LogP contribution in [0, 0.1) is 23.2 Å². The highest BCUT2D eigenvalue weighted by atomic mass is 16.1. The monoisotopic (exact) mass is 152 g/mol. The molecular weight excluding hydrogens is 136 g/mol. The van der Waals surface area contributed by atoms with Gasteiger partial charge in [-0.2, -0.15) is 0 Å². The Kier molecular flexibility index (Phi) is 1.39. The minimum absolute atomic E-state index is 0.387. The Hall–Kier alpha value is -0.330. The van der Waals surface area contributed by atoms with Crippen LogP contribution in [0.15, 0.2) is 0 Å². The lowest BCUT2D eigenvalue weighted by molar-refractivity contribution is -0.111. The van der Waals surface area contributed by atoms with Crippen LogP contribution in [0.1, 0.15) is 33.1 Å². The van der Waals surface area contributed by atoms with Gasteiger partial charge in [0.15, 0.2) is 0 Å². The Bertz CT molecular complexity index is 183. The quantitative estimate of drug-likeness (QED) is 0.527. The third-order valence-electron chi connectivity index (χ3n) is 3.89. The van der Waals surface area contributed by atoms with E-state index in [2.05, 4.69) is 13.8 Å². The lowest BCUT2D eigenvalue weighted by Crippen LogP contribution is -2.08. The molecule has 0 aromatic rings. The van der Waals surface area contributed by atoms with Crippen molar-refractivity contribution < 1.29 is 4.79 Å². The van der Waals surface area contributed by atoms with E-state index in [4.69, 9.17) is 0 Å². The number of hydrogen-bond donors (Lipinski definition) is 0. The van der Waals surface area contributed by atoms with E-state index in [-0.39, 0.29) is 0 Å². The second-order valence-corrected chi connectivity index (χ2v) is 4.74. The van der Waals surface area contributed by atoms with Gasteiger partial charge in [-0.25, -0.2) is 0 Å². The molecule has 2 rings (SSSR count). The van der Waals surface area contributed by atoms with E-state index < -0.39 is 0 Å². The van der Waals surface area contributed by atoms with Gasteiger partial charge in [0, 0.05) is 5.92 Å². The van der Waals surface area contributed by atoms with Crippen molar-refractivity contribution in [1.29, 1.82) is 0 Å². The number of carbonyl (C=O) groups excluding carboxylic acids is 1. The molecule has 3 unspecified atom stereocenters. The largest absolute Gasteiger partial charge is 0.303 e. The standard InChI is InChI=1S/C10H16O/c1-10(2)8-4-3-7(6-11)5-9(8)10/h6-9H,3-5H2,1-2H3. The van der Waals surface area contributed by atoms with Crippen molar-refractivity contribution in [2.75, 3.05) is 0 Å². The minimum Gasteiger partial charge on any atom is -0.303 e. The summed E-state index contributed by atoms with van der Waals surface area (Å²) in [5.74, 6) is 2.20. The summed E-state index contributed by atoms with van der Waals surface area (Å²) in [4.78, 5) is 10.5. The lowest BCUT2D eigenvalue weighted by Gasteiger charge is -2.13. The second kappa shape index (κ2) is 2.09. The van der Waals surface area contributed by atoms with Crippen molar-refractivity contribution in [1.82, 2.24) is 0 Å². The summed E-state index contributed by atoms with van der Waals surface area (Å²) in [7, 11) is 0. The van der Waals surface area contributed by atoms with E-state index in [9.17, 15) is 4.79 Å². The Morgan fingerprint density at radius 3 is 2.55 bits per heavy atom. The molecule has 0 spiro atoms. The van der Waals surface area contributed by atoms with Crippen molar-refractivity contribution >= 4 is 6.29 Å². The summed E-state index contributed by atoms with van der Waals surface area (Å²) in [5, 5.41) is 0. The van der Waals surface area contributed by atoms with Gasteiger partial charge in [-0.3, -0.25) is 0 Å². The minimum atomic E-state index is 0.387. The van der Waals surface area contributed by atoms with Crippen LogP contribution in [0.4, 0.5) is 0 Å². The molecule has 0 aromatic heterocycles. The van der Waals surface area contributed by atoms with Crippen LogP contribution in [0.25, 0.3) is 0 Å². The first-order valence-electron chi connectivity index (χ1n) is 4.61. The molecule has 1 nitrogen and oxygen atoms in total. The average molecular weight is 152 g/mol. The smallest absolute Gasteiger partial charge is 0.123 e. The Morgan fingerprint density at radius 2 is 2.00 bits per heavy atom. The number of hydrogen-bond acceptors (Lipinski definition) is 1. The van der Waals surface area contributed by atoms with Crippen molar-refractivity contribution in [3.63, 3.8) is 0 Å². The second-order valence-electron chi connectivity index (χ2n) is 4.74. The maximum atomic E-state index is 10.5. The zero-order valence-corrected chi connectivity index (χ0v) is 7.34. The van der Waals surface area contributed by atoms with Gasteiger partial charge >= 0.3 is 0 Å². The molecule has 2 fully saturated rings. The molecule has 0 amide bonds. The fourth-order valence-corrected chi connectivity index (χ4v) is 2.86. The number of fused-ring (bicyclic) bond motifs is 1. The van der Waals surface area contributed by atoms with Gasteiger partial charge in [-0.05, 0) is 36.5 Å². The van der Waals surface area contributed by atoms with E-state index in [0.717, 1.165) is 24.5 Å². The summed E-state index contributed by atoms with van der Waals surface area (Å²) in [6.45, 7) is 4.69. The van der Waals surface area contributed by atoms with Crippen LogP contribution >= 0.6 is 0 Å². The molecule has 1 heteroatoms. The molecule has 11 heavy (non-hydrogen) atoms. The summed E-state index contributed by atoms with van der Waals surface area (Å²) >= 11 is 0. The maximum Gasteiger partial charge on any atom is 0.123 e. The SMILES string of the molecule is CC1(C)C2CCC(C=O)CC21. The summed E-state index contributed by atoms with van der Waals surface area (Å²) in [6, 6.07) is 0. The highest BCUT2D eigenvalue weighted by molar-refractivity contribution is 5.54. The maximum absolute atomic E-state index is 10.5. The predicted octanol–water partition coefficient (Wildman–Crippen LogP) is 2.26. The van der Waals surface area contributed by atoms with Crippen LogP contribution in [0.3, 0.4) is 0 Å². The molecule has 0 aliphatic heterocycles. The third kappa shape index (κ3) is 0.935. The molecule has 0 aromatic carbocycles. The van der Waals surface area contributed by atoms with E-state index >= 15 is 0 Å². The number of carbonyl (C=O) groups is 1. The first-order chi connectivity index (χ1) is 5.16.